The predicted molar refractivity (Wildman–Crippen MR) is 228 cm³/mol. The molecule has 352 valence electrons. The van der Waals surface area contributed by atoms with E-state index in [-0.39, 0.29) is 10.8 Å². The lowest BCUT2D eigenvalue weighted by molar-refractivity contribution is -0.753. The molecule has 2 aromatic heterocycles. The molecule has 4 rings (SSSR count). The molecule has 3 heterocycles. The number of ether oxygens (including phenoxy) is 4. The number of nitrogens with zero attached hydrogens (tertiary/aromatic N) is 5. The van der Waals surface area contributed by atoms with Crippen LogP contribution in [0.15, 0.2) is 47.2 Å². The lowest BCUT2D eigenvalue weighted by atomic mass is 9.84. The minimum atomic E-state index is -5.33. The summed E-state index contributed by atoms with van der Waals surface area (Å²) in [6.45, 7) is 18.5. The van der Waals surface area contributed by atoms with Crippen molar-refractivity contribution in [1.29, 1.82) is 0 Å². The Hall–Kier alpha value is -5.85. The maximum absolute atomic E-state index is 13.9. The van der Waals surface area contributed by atoms with E-state index in [9.17, 15) is 36.9 Å². The summed E-state index contributed by atoms with van der Waals surface area (Å²) in [5.74, 6) is -2.71. The van der Waals surface area contributed by atoms with E-state index in [1.54, 1.807) is 74.4 Å². The van der Waals surface area contributed by atoms with E-state index in [2.05, 4.69) is 30.4 Å². The third-order valence-electron chi connectivity index (χ3n) is 8.47. The first-order valence-corrected chi connectivity index (χ1v) is 22.1. The number of hydrogen-bond donors (Lipinski definition) is 3. The number of nitrogens with one attached hydrogen (secondary N) is 3. The van der Waals surface area contributed by atoms with Crippen LogP contribution in [-0.2, 0) is 61.7 Å². The molecule has 22 nitrogen and oxygen atoms in total. The number of aryl methyl sites for hydroxylation is 2. The molecule has 0 saturated carbocycles. The Morgan fingerprint density at radius 3 is 2.14 bits per heavy atom. The molecular weight excluding hydrogens is 881 g/mol. The normalized spacial score (nSPS) is 16.0. The van der Waals surface area contributed by atoms with Gasteiger partial charge in [-0.05, 0) is 100 Å². The Kier molecular flexibility index (Phi) is 15.8. The van der Waals surface area contributed by atoms with Crippen LogP contribution in [0.4, 0.5) is 14.7 Å². The SMILES string of the molecule is C[n+]1cc(-c2ccc(OCC(O/N=C(\C(=O)NC3C(=O)N(OS(=O)(=O)[O-])C3(C)C)c3csc(NC(=O)OC(C)(C)C)n3)C(=O)OC(C)(C)C)cc2)cn1CCCNC(=O)OC(C)(C)C. The number of β-lactam (4-membered cyclic amide) rings is 1. The smallest absolute Gasteiger partial charge is 0.413 e. The molecule has 3 aromatic rings. The van der Waals surface area contributed by atoms with Crippen molar-refractivity contribution in [3.8, 4) is 16.9 Å². The molecule has 2 atom stereocenters. The first kappa shape index (κ1) is 50.8. The van der Waals surface area contributed by atoms with Gasteiger partial charge in [-0.15, -0.1) is 16.0 Å². The quantitative estimate of drug-likeness (QED) is 0.0200. The highest BCUT2D eigenvalue weighted by atomic mass is 32.3. The topological polar surface area (TPSA) is 271 Å². The second-order valence-corrected chi connectivity index (χ2v) is 19.8. The number of aromatic nitrogens is 3. The van der Waals surface area contributed by atoms with Gasteiger partial charge in [0, 0.05) is 11.9 Å². The van der Waals surface area contributed by atoms with Gasteiger partial charge in [0.05, 0.1) is 23.8 Å². The number of amides is 4. The van der Waals surface area contributed by atoms with Gasteiger partial charge in [0.15, 0.2) is 17.9 Å². The summed E-state index contributed by atoms with van der Waals surface area (Å²) < 4.78 is 63.9. The van der Waals surface area contributed by atoms with Crippen LogP contribution in [0.3, 0.4) is 0 Å². The van der Waals surface area contributed by atoms with Gasteiger partial charge < -0.3 is 39.0 Å². The summed E-state index contributed by atoms with van der Waals surface area (Å²) in [6.07, 6.45) is 1.66. The van der Waals surface area contributed by atoms with E-state index >= 15 is 0 Å². The third-order valence-corrected chi connectivity index (χ3v) is 9.56. The summed E-state index contributed by atoms with van der Waals surface area (Å²) in [5, 5.41) is 13.2. The number of hydrogen-bond acceptors (Lipinski definition) is 17. The van der Waals surface area contributed by atoms with Crippen LogP contribution >= 0.6 is 11.3 Å². The summed E-state index contributed by atoms with van der Waals surface area (Å²) in [4.78, 5) is 74.5. The van der Waals surface area contributed by atoms with Crippen molar-refractivity contribution in [3.05, 3.63) is 47.7 Å². The molecule has 64 heavy (non-hydrogen) atoms. The van der Waals surface area contributed by atoms with Crippen molar-refractivity contribution < 1.29 is 69.7 Å². The van der Waals surface area contributed by atoms with Crippen molar-refractivity contribution in [2.75, 3.05) is 18.5 Å². The number of carbonyl (C=O) groups excluding carboxylic acids is 5. The van der Waals surface area contributed by atoms with Crippen LogP contribution in [0.1, 0.15) is 88.3 Å². The van der Waals surface area contributed by atoms with Crippen molar-refractivity contribution in [1.82, 2.24) is 25.4 Å². The molecule has 0 radical (unpaired) electrons. The molecule has 24 heteroatoms. The predicted octanol–water partition coefficient (Wildman–Crippen LogP) is 3.71. The number of rotatable bonds is 17. The number of anilines is 1. The largest absolute Gasteiger partial charge is 0.724 e. The first-order chi connectivity index (χ1) is 29.4. The molecule has 4 amide bonds. The minimum Gasteiger partial charge on any atom is -0.724 e. The number of oxime groups is 1. The molecule has 1 aliphatic rings. The van der Waals surface area contributed by atoms with E-state index in [0.717, 1.165) is 22.5 Å². The van der Waals surface area contributed by atoms with Gasteiger partial charge in [-0.25, -0.2) is 27.8 Å². The van der Waals surface area contributed by atoms with Crippen LogP contribution in [0, 0.1) is 0 Å². The zero-order valence-electron chi connectivity index (χ0n) is 37.8. The number of alkyl carbamates (subject to hydrolysis) is 1. The van der Waals surface area contributed by atoms with E-state index in [0.29, 0.717) is 30.3 Å². The maximum atomic E-state index is 13.9. The molecule has 1 aromatic carbocycles. The van der Waals surface area contributed by atoms with Crippen LogP contribution < -0.4 is 25.4 Å². The molecule has 3 N–H and O–H groups in total. The molecule has 1 saturated heterocycles. The van der Waals surface area contributed by atoms with Gasteiger partial charge in [-0.1, -0.05) is 17.3 Å². The van der Waals surface area contributed by atoms with Crippen LogP contribution in [0.25, 0.3) is 11.1 Å². The average Bonchev–Trinajstić information content (AvgIpc) is 3.75. The van der Waals surface area contributed by atoms with Gasteiger partial charge in [0.1, 0.15) is 40.9 Å². The highest BCUT2D eigenvalue weighted by molar-refractivity contribution is 7.80. The summed E-state index contributed by atoms with van der Waals surface area (Å²) in [5.41, 5.74) is -2.94. The zero-order chi connectivity index (χ0) is 48.0. The van der Waals surface area contributed by atoms with Crippen molar-refractivity contribution >= 4 is 62.5 Å². The van der Waals surface area contributed by atoms with Gasteiger partial charge in [0.25, 0.3) is 17.9 Å². The van der Waals surface area contributed by atoms with Crippen molar-refractivity contribution in [2.45, 2.75) is 124 Å². The number of hydroxylamine groups is 2. The Bertz CT molecular complexity index is 2320. The van der Waals surface area contributed by atoms with Gasteiger partial charge in [-0.2, -0.15) is 14.0 Å². The zero-order valence-corrected chi connectivity index (χ0v) is 39.4. The summed E-state index contributed by atoms with van der Waals surface area (Å²) >= 11 is 0.886. The Morgan fingerprint density at radius 1 is 0.953 bits per heavy atom. The second-order valence-electron chi connectivity index (χ2n) is 18.0. The van der Waals surface area contributed by atoms with Crippen molar-refractivity contribution in [2.24, 2.45) is 12.2 Å². The Balaban J connectivity index is 1.53. The highest BCUT2D eigenvalue weighted by Crippen LogP contribution is 2.33. The fourth-order valence-corrected chi connectivity index (χ4v) is 6.80. The molecular formula is C40H56N8O14S2. The lowest BCUT2D eigenvalue weighted by Gasteiger charge is -2.51. The minimum absolute atomic E-state index is 0.0154. The molecule has 0 spiro atoms. The molecule has 0 bridgehead atoms. The standard InChI is InChI=1S/C40H56N8O14S2/c1-37(2,3)58-33(51)28(22-57-26-16-14-24(15-17-26)25-20-46(12)47(21-25)19-13-18-41-35(52)59-38(4,5)6)61-45-29(27-23-63-34(42-27)44-36(53)60-39(7,8)9)31(49)43-30-32(50)48(40(30,10)11)62-64(54,55)56/h14-17,20-21,23,28,30H,13,18-19,22H2,1-12H3,(H3-,41,42,43,44,49,52,53,54,55,56)/b45-29-. The van der Waals surface area contributed by atoms with Crippen LogP contribution in [-0.4, -0.2) is 111 Å². The molecule has 0 aliphatic carbocycles. The van der Waals surface area contributed by atoms with E-state index < -0.39 is 87.2 Å². The van der Waals surface area contributed by atoms with Gasteiger partial charge in [0.2, 0.25) is 16.6 Å². The third kappa shape index (κ3) is 15.2. The number of esters is 1. The van der Waals surface area contributed by atoms with Gasteiger partial charge in [-0.3, -0.25) is 14.9 Å². The van der Waals surface area contributed by atoms with E-state index in [1.807, 2.05) is 40.9 Å². The fourth-order valence-electron chi connectivity index (χ4n) is 5.67. The van der Waals surface area contributed by atoms with E-state index in [4.69, 9.17) is 23.8 Å². The van der Waals surface area contributed by atoms with Crippen LogP contribution in [0.2, 0.25) is 0 Å². The second kappa shape index (κ2) is 19.9. The Labute approximate surface area is 375 Å². The monoisotopic (exact) mass is 936 g/mol. The highest BCUT2D eigenvalue weighted by Gasteiger charge is 2.57. The molecule has 1 aliphatic heterocycles. The van der Waals surface area contributed by atoms with E-state index in [1.165, 1.54) is 19.2 Å². The van der Waals surface area contributed by atoms with Gasteiger partial charge >= 0.3 is 18.2 Å². The first-order valence-electron chi connectivity index (χ1n) is 19.9. The number of benzene rings is 1. The van der Waals surface area contributed by atoms with Crippen LogP contribution in [0.5, 0.6) is 5.75 Å². The summed E-state index contributed by atoms with van der Waals surface area (Å²) in [6, 6.07) is 5.57. The Morgan fingerprint density at radius 2 is 1.56 bits per heavy atom. The molecule has 1 fully saturated rings. The lowest BCUT2D eigenvalue weighted by Crippen LogP contribution is -2.76. The summed E-state index contributed by atoms with van der Waals surface area (Å²) in [7, 11) is -3.44. The fraction of sp³-hybridized carbons (Fsp3) is 0.550. The molecule has 2 unspecified atom stereocenters. The average molecular weight is 937 g/mol. The number of thiazole rings is 1. The maximum Gasteiger partial charge on any atom is 0.413 e. The number of carbonyl (C=O) groups is 5. The van der Waals surface area contributed by atoms with Crippen molar-refractivity contribution in [3.63, 3.8) is 0 Å².